The minimum Gasteiger partial charge on any atom is -0.379 e. The number of carbonyl (C=O) groups is 4. The van der Waals surface area contributed by atoms with Crippen LogP contribution in [-0.2, 0) is 28.7 Å². The Morgan fingerprint density at radius 3 is 2.00 bits per heavy atom. The number of nitrogens with one attached hydrogen (secondary N) is 1. The van der Waals surface area contributed by atoms with Crippen LogP contribution in [0, 0.1) is 23.7 Å². The van der Waals surface area contributed by atoms with Gasteiger partial charge in [0.2, 0.25) is 23.6 Å². The second-order valence-corrected chi connectivity index (χ2v) is 12.9. The average Bonchev–Trinajstić information content (AvgIpc) is 3.39. The molecule has 1 aliphatic rings. The van der Waals surface area contributed by atoms with Crippen molar-refractivity contribution in [3.8, 4) is 0 Å². The lowest BCUT2D eigenvalue weighted by Crippen LogP contribution is -2.59. The first-order chi connectivity index (χ1) is 19.5. The van der Waals surface area contributed by atoms with E-state index in [1.807, 2.05) is 60.5 Å². The van der Waals surface area contributed by atoms with Gasteiger partial charge < -0.3 is 30.3 Å². The number of hydrogen-bond acceptors (Lipinski definition) is 7. The number of amides is 4. The fraction of sp³-hybridized carbons (Fsp3) is 0.871. The second-order valence-electron chi connectivity index (χ2n) is 12.9. The number of primary amides is 1. The van der Waals surface area contributed by atoms with Gasteiger partial charge >= 0.3 is 0 Å². The highest BCUT2D eigenvalue weighted by Gasteiger charge is 2.42. The molecule has 42 heavy (non-hydrogen) atoms. The molecule has 1 aliphatic heterocycles. The van der Waals surface area contributed by atoms with E-state index in [9.17, 15) is 19.2 Å². The lowest BCUT2D eigenvalue weighted by Gasteiger charge is -2.41. The zero-order valence-corrected chi connectivity index (χ0v) is 28.2. The Kier molecular flexibility index (Phi) is 15.4. The van der Waals surface area contributed by atoms with Crippen molar-refractivity contribution in [1.29, 1.82) is 0 Å². The molecule has 1 fully saturated rings. The van der Waals surface area contributed by atoms with Gasteiger partial charge in [-0.3, -0.25) is 24.1 Å². The lowest BCUT2D eigenvalue weighted by atomic mass is 9.89. The molecule has 0 aromatic rings. The number of methoxy groups -OCH3 is 2. The Labute approximate surface area is 254 Å². The zero-order chi connectivity index (χ0) is 32.5. The number of carbonyl (C=O) groups excluding carboxylic acids is 4. The minimum absolute atomic E-state index is 0.0152. The summed E-state index contributed by atoms with van der Waals surface area (Å²) in [7, 11) is 8.55. The maximum absolute atomic E-state index is 14.0. The normalized spacial score (nSPS) is 20.6. The van der Waals surface area contributed by atoms with Crippen molar-refractivity contribution >= 4 is 23.6 Å². The Morgan fingerprint density at radius 1 is 0.976 bits per heavy atom. The van der Waals surface area contributed by atoms with Crippen LogP contribution in [0.4, 0.5) is 0 Å². The molecule has 1 heterocycles. The predicted molar refractivity (Wildman–Crippen MR) is 164 cm³/mol. The summed E-state index contributed by atoms with van der Waals surface area (Å²) >= 11 is 0. The Bertz CT molecular complexity index is 889. The van der Waals surface area contributed by atoms with Gasteiger partial charge in [-0.25, -0.2) is 0 Å². The maximum atomic E-state index is 14.0. The Hall–Kier alpha value is -2.24. The van der Waals surface area contributed by atoms with Crippen molar-refractivity contribution in [2.45, 2.75) is 111 Å². The van der Waals surface area contributed by atoms with Crippen molar-refractivity contribution in [3.63, 3.8) is 0 Å². The van der Waals surface area contributed by atoms with Crippen LogP contribution in [0.5, 0.6) is 0 Å². The van der Waals surface area contributed by atoms with Crippen molar-refractivity contribution in [3.05, 3.63) is 0 Å². The zero-order valence-electron chi connectivity index (χ0n) is 28.2. The third-order valence-electron chi connectivity index (χ3n) is 8.98. The Morgan fingerprint density at radius 2 is 1.57 bits per heavy atom. The van der Waals surface area contributed by atoms with Gasteiger partial charge in [-0.1, -0.05) is 54.9 Å². The molecule has 4 amide bonds. The van der Waals surface area contributed by atoms with Crippen LogP contribution in [-0.4, -0.2) is 117 Å². The van der Waals surface area contributed by atoms with Gasteiger partial charge in [0, 0.05) is 27.8 Å². The predicted octanol–water partition coefficient (Wildman–Crippen LogP) is 2.12. The van der Waals surface area contributed by atoms with E-state index in [-0.39, 0.29) is 54.0 Å². The van der Waals surface area contributed by atoms with Crippen molar-refractivity contribution < 1.29 is 28.7 Å². The van der Waals surface area contributed by atoms with Crippen molar-refractivity contribution in [2.24, 2.45) is 29.4 Å². The van der Waals surface area contributed by atoms with E-state index in [1.54, 1.807) is 30.9 Å². The molecule has 0 aromatic heterocycles. The monoisotopic (exact) mass is 597 g/mol. The van der Waals surface area contributed by atoms with E-state index in [2.05, 4.69) is 5.32 Å². The summed E-state index contributed by atoms with van der Waals surface area (Å²) in [6.45, 7) is 14.2. The molecule has 3 N–H and O–H groups in total. The highest BCUT2D eigenvalue weighted by atomic mass is 16.5. The molecule has 1 saturated heterocycles. The summed E-state index contributed by atoms with van der Waals surface area (Å²) in [5, 5.41) is 3.02. The van der Waals surface area contributed by atoms with Gasteiger partial charge in [-0.05, 0) is 44.7 Å². The highest BCUT2D eigenvalue weighted by Crippen LogP contribution is 2.29. The molecule has 244 valence electrons. The van der Waals surface area contributed by atoms with Gasteiger partial charge in [-0.2, -0.15) is 0 Å². The maximum Gasteiger partial charge on any atom is 0.245 e. The summed E-state index contributed by atoms with van der Waals surface area (Å²) in [4.78, 5) is 58.3. The number of hydrogen-bond donors (Lipinski definition) is 2. The number of rotatable bonds is 17. The van der Waals surface area contributed by atoms with Crippen LogP contribution in [0.1, 0.15) is 74.1 Å². The van der Waals surface area contributed by atoms with E-state index >= 15 is 0 Å². The third-order valence-corrected chi connectivity index (χ3v) is 8.98. The molecule has 1 rings (SSSR count). The van der Waals surface area contributed by atoms with Gasteiger partial charge in [0.25, 0.3) is 0 Å². The summed E-state index contributed by atoms with van der Waals surface area (Å²) in [6.07, 6.45) is 1.26. The van der Waals surface area contributed by atoms with Crippen LogP contribution in [0.15, 0.2) is 0 Å². The molecule has 0 bridgehead atoms. The van der Waals surface area contributed by atoms with E-state index < -0.39 is 36.1 Å². The molecular weight excluding hydrogens is 538 g/mol. The molecule has 8 atom stereocenters. The van der Waals surface area contributed by atoms with Gasteiger partial charge in [-0.15, -0.1) is 0 Å². The molecule has 0 radical (unpaired) electrons. The van der Waals surface area contributed by atoms with Gasteiger partial charge in [0.15, 0.2) is 0 Å². The summed E-state index contributed by atoms with van der Waals surface area (Å²) in [6, 6.07) is -1.78. The fourth-order valence-electron chi connectivity index (χ4n) is 6.42. The number of likely N-dealkylation sites (N-methyl/N-ethyl adjacent to an activating group) is 2. The molecule has 0 spiro atoms. The highest BCUT2D eigenvalue weighted by molar-refractivity contribution is 5.90. The smallest absolute Gasteiger partial charge is 0.245 e. The SMILES string of the molecule is CCC(C)C(C(CC(=O)N1CCCC1C(OC)C(C)C(N)=O)OC)N(C)C(=O)[C@@H](NC(=O)[C@H](C(C)C)N(C)C)C(C)C. The average molecular weight is 598 g/mol. The van der Waals surface area contributed by atoms with Crippen molar-refractivity contribution in [2.75, 3.05) is 41.9 Å². The first-order valence-electron chi connectivity index (χ1n) is 15.4. The third kappa shape index (κ3) is 9.38. The fourth-order valence-corrected chi connectivity index (χ4v) is 6.42. The van der Waals surface area contributed by atoms with Crippen LogP contribution in [0.25, 0.3) is 0 Å². The van der Waals surface area contributed by atoms with Crippen LogP contribution in [0.3, 0.4) is 0 Å². The minimum atomic E-state index is -0.732. The van der Waals surface area contributed by atoms with E-state index in [0.717, 1.165) is 12.8 Å². The first-order valence-corrected chi connectivity index (χ1v) is 15.4. The molecule has 6 unspecified atom stereocenters. The summed E-state index contributed by atoms with van der Waals surface area (Å²) < 4.78 is 11.6. The molecule has 11 nitrogen and oxygen atoms in total. The molecule has 11 heteroatoms. The second kappa shape index (κ2) is 17.2. The topological polar surface area (TPSA) is 135 Å². The van der Waals surface area contributed by atoms with Gasteiger partial charge in [0.05, 0.1) is 42.7 Å². The number of nitrogens with zero attached hydrogens (tertiary/aromatic N) is 3. The Balaban J connectivity index is 3.26. The quantitative estimate of drug-likeness (QED) is 0.262. The molecule has 0 aromatic carbocycles. The lowest BCUT2D eigenvalue weighted by molar-refractivity contribution is -0.147. The number of nitrogens with two attached hydrogens (primary N) is 1. The van der Waals surface area contributed by atoms with E-state index in [1.165, 1.54) is 7.11 Å². The number of ether oxygens (including phenoxy) is 2. The van der Waals surface area contributed by atoms with E-state index in [4.69, 9.17) is 15.2 Å². The summed E-state index contributed by atoms with van der Waals surface area (Å²) in [5.74, 6) is -1.60. The molecule has 0 aliphatic carbocycles. The summed E-state index contributed by atoms with van der Waals surface area (Å²) in [5.41, 5.74) is 5.57. The van der Waals surface area contributed by atoms with Crippen LogP contribution >= 0.6 is 0 Å². The number of likely N-dealkylation sites (tertiary alicyclic amines) is 1. The largest absolute Gasteiger partial charge is 0.379 e. The van der Waals surface area contributed by atoms with Crippen molar-refractivity contribution in [1.82, 2.24) is 20.0 Å². The molecule has 0 saturated carbocycles. The van der Waals surface area contributed by atoms with E-state index in [0.29, 0.717) is 13.0 Å². The standard InChI is InChI=1S/C31H59N5O6/c1-13-20(6)27(35(10)31(40)25(18(2)3)33-30(39)26(19(4)5)34(8)9)23(41-11)17-24(37)36-16-14-15-22(36)28(42-12)21(7)29(32)38/h18-23,25-28H,13-17H2,1-12H3,(H2,32,38)(H,33,39)/t20?,21?,22?,23?,25-,26-,27?,28?/m0/s1. The van der Waals surface area contributed by atoms with Crippen LogP contribution in [0.2, 0.25) is 0 Å². The van der Waals surface area contributed by atoms with Crippen LogP contribution < -0.4 is 11.1 Å². The first kappa shape index (κ1) is 37.8. The molecular formula is C31H59N5O6. The van der Waals surface area contributed by atoms with Gasteiger partial charge in [0.1, 0.15) is 6.04 Å².